The Kier molecular flexibility index (Phi) is 5.39. The largest absolute Gasteiger partial charge is 0.544 e. The van der Waals surface area contributed by atoms with Crippen molar-refractivity contribution in [2.24, 2.45) is 0 Å². The zero-order valence-electron chi connectivity index (χ0n) is 14.3. The molecule has 0 saturated heterocycles. The SMILES string of the molecule is Cc1nc(CC(=O)NCc2ccc(C(C)(C)C)cc2)sc1C(=O)[O-]. The summed E-state index contributed by atoms with van der Waals surface area (Å²) in [4.78, 5) is 27.1. The molecular formula is C18H21N2O3S-. The Morgan fingerprint density at radius 2 is 1.83 bits per heavy atom. The number of aryl methyl sites for hydroxylation is 1. The van der Waals surface area contributed by atoms with E-state index in [4.69, 9.17) is 0 Å². The molecule has 5 nitrogen and oxygen atoms in total. The van der Waals surface area contributed by atoms with Gasteiger partial charge in [-0.25, -0.2) is 4.98 Å². The number of thiazole rings is 1. The van der Waals surface area contributed by atoms with Crippen molar-refractivity contribution in [3.05, 3.63) is 51.0 Å². The first kappa shape index (κ1) is 18.1. The second-order valence-corrected chi connectivity index (χ2v) is 7.79. The predicted octanol–water partition coefficient (Wildman–Crippen LogP) is 1.97. The van der Waals surface area contributed by atoms with Crippen LogP contribution in [-0.2, 0) is 23.2 Å². The molecule has 0 aliphatic heterocycles. The van der Waals surface area contributed by atoms with E-state index in [2.05, 4.69) is 43.2 Å². The minimum Gasteiger partial charge on any atom is -0.544 e. The summed E-state index contributed by atoms with van der Waals surface area (Å²) in [7, 11) is 0. The number of carbonyl (C=O) groups is 2. The maximum Gasteiger partial charge on any atom is 0.227 e. The van der Waals surface area contributed by atoms with Crippen molar-refractivity contribution < 1.29 is 14.7 Å². The molecule has 0 fully saturated rings. The Bertz CT molecular complexity index is 743. The molecule has 24 heavy (non-hydrogen) atoms. The lowest BCUT2D eigenvalue weighted by Gasteiger charge is -2.19. The molecule has 128 valence electrons. The number of nitrogens with zero attached hydrogens (tertiary/aromatic N) is 1. The van der Waals surface area contributed by atoms with Crippen LogP contribution in [0.15, 0.2) is 24.3 Å². The first-order valence-corrected chi connectivity index (χ1v) is 8.52. The second-order valence-electron chi connectivity index (χ2n) is 6.71. The lowest BCUT2D eigenvalue weighted by Crippen LogP contribution is -2.24. The molecule has 0 radical (unpaired) electrons. The van der Waals surface area contributed by atoms with E-state index in [1.807, 2.05) is 12.1 Å². The van der Waals surface area contributed by atoms with Gasteiger partial charge in [0.05, 0.1) is 23.0 Å². The second kappa shape index (κ2) is 7.13. The van der Waals surface area contributed by atoms with Crippen molar-refractivity contribution in [1.29, 1.82) is 0 Å². The number of hydrogen-bond donors (Lipinski definition) is 1. The predicted molar refractivity (Wildman–Crippen MR) is 91.9 cm³/mol. The smallest absolute Gasteiger partial charge is 0.227 e. The summed E-state index contributed by atoms with van der Waals surface area (Å²) in [6.07, 6.45) is 0.0683. The molecule has 6 heteroatoms. The lowest BCUT2D eigenvalue weighted by atomic mass is 9.87. The van der Waals surface area contributed by atoms with Crippen molar-refractivity contribution in [3.63, 3.8) is 0 Å². The van der Waals surface area contributed by atoms with Crippen LogP contribution in [0.4, 0.5) is 0 Å². The number of nitrogens with one attached hydrogen (secondary N) is 1. The number of aromatic nitrogens is 1. The van der Waals surface area contributed by atoms with Gasteiger partial charge < -0.3 is 15.2 Å². The maximum atomic E-state index is 12.0. The van der Waals surface area contributed by atoms with Crippen molar-refractivity contribution in [2.45, 2.75) is 46.1 Å². The first-order chi connectivity index (χ1) is 11.2. The molecule has 1 N–H and O–H groups in total. The Morgan fingerprint density at radius 3 is 2.33 bits per heavy atom. The van der Waals surface area contributed by atoms with Gasteiger partial charge in [0.15, 0.2) is 0 Å². The van der Waals surface area contributed by atoms with Crippen molar-refractivity contribution in [2.75, 3.05) is 0 Å². The fourth-order valence-electron chi connectivity index (χ4n) is 2.24. The fraction of sp³-hybridized carbons (Fsp3) is 0.389. The fourth-order valence-corrected chi connectivity index (χ4v) is 3.14. The minimum absolute atomic E-state index is 0.0683. The number of carboxylic acid groups (broad SMARTS) is 1. The molecule has 0 atom stereocenters. The number of amides is 1. The average molecular weight is 345 g/mol. The summed E-state index contributed by atoms with van der Waals surface area (Å²) in [5, 5.41) is 14.2. The van der Waals surface area contributed by atoms with Gasteiger partial charge >= 0.3 is 0 Å². The summed E-state index contributed by atoms with van der Waals surface area (Å²) in [6.45, 7) is 8.49. The van der Waals surface area contributed by atoms with Crippen molar-refractivity contribution in [1.82, 2.24) is 10.3 Å². The molecule has 0 aliphatic rings. The molecule has 1 aromatic carbocycles. The third-order valence-electron chi connectivity index (χ3n) is 3.65. The molecule has 2 rings (SSSR count). The van der Waals surface area contributed by atoms with Crippen LogP contribution in [0.1, 0.15) is 52.3 Å². The van der Waals surface area contributed by atoms with Gasteiger partial charge in [-0.1, -0.05) is 45.0 Å². The summed E-state index contributed by atoms with van der Waals surface area (Å²) in [5.41, 5.74) is 2.74. The summed E-state index contributed by atoms with van der Waals surface area (Å²) in [6, 6.07) is 8.14. The number of rotatable bonds is 5. The van der Waals surface area contributed by atoms with Gasteiger partial charge in [0.25, 0.3) is 0 Å². The van der Waals surface area contributed by atoms with Gasteiger partial charge in [-0.3, -0.25) is 4.79 Å². The van der Waals surface area contributed by atoms with Crippen LogP contribution in [0.2, 0.25) is 0 Å². The number of aromatic carboxylic acids is 1. The Morgan fingerprint density at radius 1 is 1.21 bits per heavy atom. The molecule has 2 aromatic rings. The molecule has 0 unspecified atom stereocenters. The zero-order valence-corrected chi connectivity index (χ0v) is 15.1. The maximum absolute atomic E-state index is 12.0. The molecule has 1 amide bonds. The molecule has 1 heterocycles. The van der Waals surface area contributed by atoms with Gasteiger partial charge in [-0.15, -0.1) is 11.3 Å². The first-order valence-electron chi connectivity index (χ1n) is 7.70. The van der Waals surface area contributed by atoms with Gasteiger partial charge in [0.2, 0.25) is 5.91 Å². The Labute approximate surface area is 145 Å². The van der Waals surface area contributed by atoms with Gasteiger partial charge in [0, 0.05) is 6.54 Å². The third-order valence-corrected chi connectivity index (χ3v) is 4.79. The highest BCUT2D eigenvalue weighted by Gasteiger charge is 2.14. The highest BCUT2D eigenvalue weighted by atomic mass is 32.1. The van der Waals surface area contributed by atoms with Crippen LogP contribution in [0, 0.1) is 6.92 Å². The van der Waals surface area contributed by atoms with Gasteiger partial charge in [-0.2, -0.15) is 0 Å². The molecule has 0 saturated carbocycles. The van der Waals surface area contributed by atoms with E-state index in [9.17, 15) is 14.7 Å². The standard InChI is InChI=1S/C18H22N2O3S/c1-11-16(17(22)23)24-15(20-11)9-14(21)19-10-12-5-7-13(8-6-12)18(2,3)4/h5-8H,9-10H2,1-4H3,(H,19,21)(H,22,23)/p-1. The summed E-state index contributed by atoms with van der Waals surface area (Å²) < 4.78 is 0. The van der Waals surface area contributed by atoms with Crippen LogP contribution < -0.4 is 10.4 Å². The summed E-state index contributed by atoms with van der Waals surface area (Å²) >= 11 is 0.988. The summed E-state index contributed by atoms with van der Waals surface area (Å²) in [5.74, 6) is -1.44. The van der Waals surface area contributed by atoms with Crippen LogP contribution in [0.3, 0.4) is 0 Å². The van der Waals surface area contributed by atoms with Crippen LogP contribution in [0.5, 0.6) is 0 Å². The molecule has 0 bridgehead atoms. The van der Waals surface area contributed by atoms with E-state index >= 15 is 0 Å². The molecular weight excluding hydrogens is 324 g/mol. The highest BCUT2D eigenvalue weighted by molar-refractivity contribution is 7.13. The van der Waals surface area contributed by atoms with Crippen LogP contribution in [0.25, 0.3) is 0 Å². The monoisotopic (exact) mass is 345 g/mol. The normalized spacial score (nSPS) is 11.3. The lowest BCUT2D eigenvalue weighted by molar-refractivity contribution is -0.254. The van der Waals surface area contributed by atoms with Gasteiger partial charge in [0.1, 0.15) is 5.01 Å². The van der Waals surface area contributed by atoms with Crippen molar-refractivity contribution in [3.8, 4) is 0 Å². The number of hydrogen-bond acceptors (Lipinski definition) is 5. The van der Waals surface area contributed by atoms with E-state index in [0.29, 0.717) is 17.2 Å². The molecule has 0 aliphatic carbocycles. The third kappa shape index (κ3) is 4.64. The van der Waals surface area contributed by atoms with E-state index in [0.717, 1.165) is 16.9 Å². The quantitative estimate of drug-likeness (QED) is 0.898. The van der Waals surface area contributed by atoms with Gasteiger partial charge in [-0.05, 0) is 23.5 Å². The van der Waals surface area contributed by atoms with Crippen molar-refractivity contribution >= 4 is 23.2 Å². The highest BCUT2D eigenvalue weighted by Crippen LogP contribution is 2.22. The number of carboxylic acids is 1. The van der Waals surface area contributed by atoms with E-state index in [1.54, 1.807) is 6.92 Å². The van der Waals surface area contributed by atoms with Crippen LogP contribution >= 0.6 is 11.3 Å². The number of carbonyl (C=O) groups excluding carboxylic acids is 2. The van der Waals surface area contributed by atoms with E-state index in [1.165, 1.54) is 5.56 Å². The molecule has 1 aromatic heterocycles. The average Bonchev–Trinajstić information content (AvgIpc) is 2.85. The number of benzene rings is 1. The topological polar surface area (TPSA) is 82.1 Å². The van der Waals surface area contributed by atoms with E-state index in [-0.39, 0.29) is 22.6 Å². The minimum atomic E-state index is -1.25. The Hall–Kier alpha value is -2.21. The Balaban J connectivity index is 1.91. The zero-order chi connectivity index (χ0) is 17.9. The molecule has 0 spiro atoms. The van der Waals surface area contributed by atoms with Crippen LogP contribution in [-0.4, -0.2) is 16.9 Å². The van der Waals surface area contributed by atoms with E-state index < -0.39 is 5.97 Å².